The molecule has 0 radical (unpaired) electrons. The molecule has 1 N–H and O–H groups in total. The number of fused-ring (bicyclic) bond motifs is 1. The summed E-state index contributed by atoms with van der Waals surface area (Å²) in [6.45, 7) is 1.70. The molecule has 0 aliphatic carbocycles. The minimum absolute atomic E-state index is 0. The quantitative estimate of drug-likeness (QED) is 0.934. The van der Waals surface area contributed by atoms with Crippen molar-refractivity contribution in [3.05, 3.63) is 42.5 Å². The second-order valence-electron chi connectivity index (χ2n) is 5.73. The molecule has 23 heavy (non-hydrogen) atoms. The van der Waals surface area contributed by atoms with Crippen molar-refractivity contribution in [2.45, 2.75) is 18.9 Å². The summed E-state index contributed by atoms with van der Waals surface area (Å²) in [5.41, 5.74) is 0. The van der Waals surface area contributed by atoms with E-state index < -0.39 is 0 Å². The summed E-state index contributed by atoms with van der Waals surface area (Å²) in [4.78, 5) is 14.2. The van der Waals surface area contributed by atoms with Crippen LogP contribution in [0.3, 0.4) is 0 Å². The number of nitrogens with one attached hydrogen (secondary N) is 1. The average molecular weight is 335 g/mol. The van der Waals surface area contributed by atoms with Crippen LogP contribution < -0.4 is 10.1 Å². The minimum Gasteiger partial charge on any atom is -0.483 e. The van der Waals surface area contributed by atoms with E-state index in [1.54, 1.807) is 0 Å². The van der Waals surface area contributed by atoms with E-state index in [0.29, 0.717) is 6.04 Å². The van der Waals surface area contributed by atoms with Gasteiger partial charge in [-0.3, -0.25) is 4.79 Å². The number of halogens is 1. The molecule has 1 atom stereocenters. The number of likely N-dealkylation sites (N-methyl/N-ethyl adjacent to an activating group) is 1. The van der Waals surface area contributed by atoms with Gasteiger partial charge in [0.15, 0.2) is 6.61 Å². The Morgan fingerprint density at radius 3 is 2.87 bits per heavy atom. The molecular weight excluding hydrogens is 312 g/mol. The average Bonchev–Trinajstić information content (AvgIpc) is 2.59. The fraction of sp³-hybridized carbons (Fsp3) is 0.389. The first kappa shape index (κ1) is 17.6. The maximum atomic E-state index is 12.3. The second kappa shape index (κ2) is 8.18. The first-order valence-corrected chi connectivity index (χ1v) is 7.83. The standard InChI is InChI=1S/C18H22N2O2.ClH/c1-19-15-8-5-11-20(12-15)18(21)13-22-17-10-4-7-14-6-2-3-9-16(14)17;/h2-4,6-7,9-10,15,19H,5,8,11-13H2,1H3;1H. The third kappa shape index (κ3) is 4.15. The molecule has 5 heteroatoms. The van der Waals surface area contributed by atoms with Crippen LogP contribution in [0.1, 0.15) is 12.8 Å². The number of piperidine rings is 1. The summed E-state index contributed by atoms with van der Waals surface area (Å²) < 4.78 is 5.79. The Morgan fingerprint density at radius 2 is 2.04 bits per heavy atom. The molecule has 0 bridgehead atoms. The zero-order chi connectivity index (χ0) is 15.4. The number of likely N-dealkylation sites (tertiary alicyclic amines) is 1. The van der Waals surface area contributed by atoms with Gasteiger partial charge in [-0.05, 0) is 31.3 Å². The van der Waals surface area contributed by atoms with E-state index in [0.717, 1.165) is 42.5 Å². The number of hydrogen-bond donors (Lipinski definition) is 1. The first-order chi connectivity index (χ1) is 10.8. The largest absolute Gasteiger partial charge is 0.483 e. The summed E-state index contributed by atoms with van der Waals surface area (Å²) in [5, 5.41) is 5.42. The molecule has 0 aromatic heterocycles. The van der Waals surface area contributed by atoms with Gasteiger partial charge in [0.2, 0.25) is 0 Å². The molecule has 1 amide bonds. The predicted octanol–water partition coefficient (Wildman–Crippen LogP) is 2.85. The van der Waals surface area contributed by atoms with E-state index in [-0.39, 0.29) is 24.9 Å². The molecule has 1 unspecified atom stereocenters. The molecule has 1 saturated heterocycles. The highest BCUT2D eigenvalue weighted by atomic mass is 35.5. The maximum Gasteiger partial charge on any atom is 0.260 e. The van der Waals surface area contributed by atoms with Gasteiger partial charge in [0.25, 0.3) is 5.91 Å². The van der Waals surface area contributed by atoms with Crippen LogP contribution in [0.25, 0.3) is 10.8 Å². The molecule has 1 fully saturated rings. The second-order valence-corrected chi connectivity index (χ2v) is 5.73. The van der Waals surface area contributed by atoms with Crippen LogP contribution in [0.4, 0.5) is 0 Å². The van der Waals surface area contributed by atoms with Gasteiger partial charge in [0, 0.05) is 24.5 Å². The van der Waals surface area contributed by atoms with E-state index in [2.05, 4.69) is 5.32 Å². The van der Waals surface area contributed by atoms with Crippen molar-refractivity contribution in [3.63, 3.8) is 0 Å². The zero-order valence-electron chi connectivity index (χ0n) is 13.3. The summed E-state index contributed by atoms with van der Waals surface area (Å²) in [5.74, 6) is 0.835. The molecule has 1 heterocycles. The van der Waals surface area contributed by atoms with Gasteiger partial charge in [0.1, 0.15) is 5.75 Å². The molecule has 0 spiro atoms. The Bertz CT molecular complexity index is 657. The van der Waals surface area contributed by atoms with Crippen molar-refractivity contribution in [2.24, 2.45) is 0 Å². The van der Waals surface area contributed by atoms with Crippen molar-refractivity contribution < 1.29 is 9.53 Å². The lowest BCUT2D eigenvalue weighted by atomic mass is 10.1. The number of amides is 1. The van der Waals surface area contributed by atoms with Crippen molar-refractivity contribution in [3.8, 4) is 5.75 Å². The van der Waals surface area contributed by atoms with E-state index in [1.165, 1.54) is 0 Å². The highest BCUT2D eigenvalue weighted by Crippen LogP contribution is 2.25. The van der Waals surface area contributed by atoms with Crippen LogP contribution in [0, 0.1) is 0 Å². The molecule has 3 rings (SSSR count). The molecule has 1 aliphatic rings. The van der Waals surface area contributed by atoms with Crippen molar-refractivity contribution in [2.75, 3.05) is 26.7 Å². The lowest BCUT2D eigenvalue weighted by Gasteiger charge is -2.32. The van der Waals surface area contributed by atoms with Crippen LogP contribution in [0.2, 0.25) is 0 Å². The van der Waals surface area contributed by atoms with Gasteiger partial charge in [-0.25, -0.2) is 0 Å². The minimum atomic E-state index is 0. The van der Waals surface area contributed by atoms with Gasteiger partial charge < -0.3 is 15.0 Å². The van der Waals surface area contributed by atoms with E-state index in [4.69, 9.17) is 4.74 Å². The van der Waals surface area contributed by atoms with Gasteiger partial charge in [-0.2, -0.15) is 0 Å². The Balaban J connectivity index is 0.00000192. The summed E-state index contributed by atoms with van der Waals surface area (Å²) in [6.07, 6.45) is 2.18. The van der Waals surface area contributed by atoms with Crippen LogP contribution in [0.5, 0.6) is 5.75 Å². The third-order valence-corrected chi connectivity index (χ3v) is 4.28. The van der Waals surface area contributed by atoms with Gasteiger partial charge in [-0.1, -0.05) is 36.4 Å². The highest BCUT2D eigenvalue weighted by molar-refractivity contribution is 5.88. The van der Waals surface area contributed by atoms with Crippen LogP contribution in [0.15, 0.2) is 42.5 Å². The Kier molecular flexibility index (Phi) is 6.25. The molecule has 4 nitrogen and oxygen atoms in total. The monoisotopic (exact) mass is 334 g/mol. The Morgan fingerprint density at radius 1 is 1.26 bits per heavy atom. The maximum absolute atomic E-state index is 12.3. The smallest absolute Gasteiger partial charge is 0.260 e. The lowest BCUT2D eigenvalue weighted by molar-refractivity contribution is -0.134. The molecule has 0 saturated carbocycles. The van der Waals surface area contributed by atoms with Crippen LogP contribution >= 0.6 is 12.4 Å². The normalized spacial score (nSPS) is 17.6. The number of rotatable bonds is 4. The van der Waals surface area contributed by atoms with Crippen molar-refractivity contribution in [1.29, 1.82) is 0 Å². The fourth-order valence-electron chi connectivity index (χ4n) is 2.99. The Hall–Kier alpha value is -1.78. The molecule has 2 aromatic rings. The first-order valence-electron chi connectivity index (χ1n) is 7.83. The molecule has 124 valence electrons. The highest BCUT2D eigenvalue weighted by Gasteiger charge is 2.22. The number of benzene rings is 2. The number of ether oxygens (including phenoxy) is 1. The van der Waals surface area contributed by atoms with E-state index in [1.807, 2.05) is 54.4 Å². The van der Waals surface area contributed by atoms with Gasteiger partial charge in [0.05, 0.1) is 0 Å². The third-order valence-electron chi connectivity index (χ3n) is 4.28. The Labute approximate surface area is 143 Å². The predicted molar refractivity (Wildman–Crippen MR) is 95.4 cm³/mol. The van der Waals surface area contributed by atoms with E-state index in [9.17, 15) is 4.79 Å². The molecule has 2 aromatic carbocycles. The summed E-state index contributed by atoms with van der Waals surface area (Å²) in [6, 6.07) is 14.4. The van der Waals surface area contributed by atoms with Gasteiger partial charge >= 0.3 is 0 Å². The number of nitrogens with zero attached hydrogens (tertiary/aromatic N) is 1. The number of carbonyl (C=O) groups is 1. The zero-order valence-corrected chi connectivity index (χ0v) is 14.1. The topological polar surface area (TPSA) is 41.6 Å². The molecule has 1 aliphatic heterocycles. The fourth-order valence-corrected chi connectivity index (χ4v) is 2.99. The van der Waals surface area contributed by atoms with Crippen molar-refractivity contribution in [1.82, 2.24) is 10.2 Å². The van der Waals surface area contributed by atoms with E-state index >= 15 is 0 Å². The van der Waals surface area contributed by atoms with Crippen LogP contribution in [-0.2, 0) is 4.79 Å². The molecular formula is C18H23ClN2O2. The lowest BCUT2D eigenvalue weighted by Crippen LogP contribution is -2.48. The van der Waals surface area contributed by atoms with Crippen LogP contribution in [-0.4, -0.2) is 43.6 Å². The summed E-state index contributed by atoms with van der Waals surface area (Å²) >= 11 is 0. The van der Waals surface area contributed by atoms with Gasteiger partial charge in [-0.15, -0.1) is 12.4 Å². The van der Waals surface area contributed by atoms with Crippen molar-refractivity contribution >= 4 is 29.1 Å². The number of hydrogen-bond acceptors (Lipinski definition) is 3. The number of carbonyl (C=O) groups excluding carboxylic acids is 1. The summed E-state index contributed by atoms with van der Waals surface area (Å²) in [7, 11) is 1.95. The SMILES string of the molecule is CNC1CCCN(C(=O)COc2cccc3ccccc23)C1.Cl.